The Kier molecular flexibility index (Phi) is 4.53. The minimum Gasteiger partial charge on any atom is -0.352 e. The molecule has 5 nitrogen and oxygen atoms in total. The first-order valence-electron chi connectivity index (χ1n) is 8.92. The van der Waals surface area contributed by atoms with Gasteiger partial charge in [-0.3, -0.25) is 4.79 Å². The molecule has 4 rings (SSSR count). The van der Waals surface area contributed by atoms with Crippen LogP contribution in [0, 0.1) is 11.6 Å². The van der Waals surface area contributed by atoms with Gasteiger partial charge in [-0.25, -0.2) is 8.78 Å². The van der Waals surface area contributed by atoms with Crippen LogP contribution in [0.15, 0.2) is 24.3 Å². The van der Waals surface area contributed by atoms with Crippen molar-refractivity contribution in [3.05, 3.63) is 52.7 Å². The molecule has 1 amide bonds. The van der Waals surface area contributed by atoms with Crippen LogP contribution in [0.3, 0.4) is 0 Å². The van der Waals surface area contributed by atoms with Gasteiger partial charge in [0.15, 0.2) is 5.82 Å². The van der Waals surface area contributed by atoms with Crippen molar-refractivity contribution in [2.45, 2.75) is 25.7 Å². The molecular weight excluding hydrogens is 338 g/mol. The molecule has 0 bridgehead atoms. The van der Waals surface area contributed by atoms with E-state index < -0.39 is 11.6 Å². The van der Waals surface area contributed by atoms with Gasteiger partial charge in [-0.15, -0.1) is 5.10 Å². The van der Waals surface area contributed by atoms with Crippen molar-refractivity contribution < 1.29 is 13.6 Å². The zero-order chi connectivity index (χ0) is 18.1. The van der Waals surface area contributed by atoms with Gasteiger partial charge in [-0.2, -0.15) is 5.10 Å². The van der Waals surface area contributed by atoms with Crippen LogP contribution >= 0.6 is 0 Å². The van der Waals surface area contributed by atoms with Gasteiger partial charge in [0.1, 0.15) is 11.6 Å². The number of hydrogen-bond acceptors (Lipinski definition) is 4. The number of benzene rings is 1. The van der Waals surface area contributed by atoms with Crippen molar-refractivity contribution in [1.29, 1.82) is 0 Å². The van der Waals surface area contributed by atoms with Gasteiger partial charge in [0, 0.05) is 32.2 Å². The van der Waals surface area contributed by atoms with E-state index >= 15 is 0 Å². The highest BCUT2D eigenvalue weighted by Crippen LogP contribution is 2.23. The molecule has 2 aromatic rings. The molecule has 1 aliphatic carbocycles. The smallest absolute Gasteiger partial charge is 0.227 e. The predicted molar refractivity (Wildman–Crippen MR) is 92.9 cm³/mol. The lowest BCUT2D eigenvalue weighted by Gasteiger charge is -2.35. The fourth-order valence-electron chi connectivity index (χ4n) is 3.60. The lowest BCUT2D eigenvalue weighted by atomic mass is 10.1. The van der Waals surface area contributed by atoms with Crippen LogP contribution in [-0.2, 0) is 24.1 Å². The molecule has 26 heavy (non-hydrogen) atoms. The Balaban J connectivity index is 1.36. The number of carbonyl (C=O) groups is 1. The van der Waals surface area contributed by atoms with Crippen molar-refractivity contribution >= 4 is 11.7 Å². The highest BCUT2D eigenvalue weighted by molar-refractivity contribution is 5.79. The Morgan fingerprint density at radius 1 is 1.04 bits per heavy atom. The Bertz CT molecular complexity index is 834. The first-order chi connectivity index (χ1) is 12.6. The van der Waals surface area contributed by atoms with Gasteiger partial charge in [0.25, 0.3) is 0 Å². The summed E-state index contributed by atoms with van der Waals surface area (Å²) in [6.07, 6.45) is 3.14. The summed E-state index contributed by atoms with van der Waals surface area (Å²) in [5.74, 6) is -0.592. The zero-order valence-electron chi connectivity index (χ0n) is 14.4. The molecule has 0 atom stereocenters. The standard InChI is InChI=1S/C19H20F2N4O/c20-15-5-4-13(16(21)12-15)11-19(26)25-8-6-24(7-9-25)18-10-14-2-1-3-17(14)22-23-18/h4-5,10,12H,1-3,6-9,11H2. The molecule has 7 heteroatoms. The average Bonchev–Trinajstić information content (AvgIpc) is 3.12. The molecule has 2 aliphatic rings. The fourth-order valence-corrected chi connectivity index (χ4v) is 3.60. The summed E-state index contributed by atoms with van der Waals surface area (Å²) < 4.78 is 26.7. The zero-order valence-corrected chi connectivity index (χ0v) is 14.4. The third-order valence-corrected chi connectivity index (χ3v) is 5.12. The molecular formula is C19H20F2N4O. The second kappa shape index (κ2) is 6.97. The number of carbonyl (C=O) groups excluding carboxylic acids is 1. The highest BCUT2D eigenvalue weighted by atomic mass is 19.1. The van der Waals surface area contributed by atoms with Gasteiger partial charge in [-0.05, 0) is 42.5 Å². The summed E-state index contributed by atoms with van der Waals surface area (Å²) in [6, 6.07) is 5.43. The van der Waals surface area contributed by atoms with Gasteiger partial charge in [0.2, 0.25) is 5.91 Å². The molecule has 1 fully saturated rings. The summed E-state index contributed by atoms with van der Waals surface area (Å²) in [5, 5.41) is 8.64. The SMILES string of the molecule is O=C(Cc1ccc(F)cc1F)N1CCN(c2cc3c(nn2)CCC3)CC1. The van der Waals surface area contributed by atoms with Crippen molar-refractivity contribution in [2.75, 3.05) is 31.1 Å². The Morgan fingerprint density at radius 2 is 1.85 bits per heavy atom. The van der Waals surface area contributed by atoms with E-state index in [1.54, 1.807) is 4.90 Å². The Morgan fingerprint density at radius 3 is 2.62 bits per heavy atom. The first-order valence-corrected chi connectivity index (χ1v) is 8.92. The monoisotopic (exact) mass is 358 g/mol. The molecule has 0 saturated carbocycles. The second-order valence-corrected chi connectivity index (χ2v) is 6.81. The molecule has 0 N–H and O–H groups in total. The number of aryl methyl sites for hydroxylation is 2. The Hall–Kier alpha value is -2.57. The number of piperazine rings is 1. The van der Waals surface area contributed by atoms with E-state index in [2.05, 4.69) is 21.2 Å². The summed E-state index contributed by atoms with van der Waals surface area (Å²) in [4.78, 5) is 16.3. The number of rotatable bonds is 3. The van der Waals surface area contributed by atoms with Crippen molar-refractivity contribution in [3.8, 4) is 0 Å². The summed E-state index contributed by atoms with van der Waals surface area (Å²) in [6.45, 7) is 2.46. The molecule has 0 radical (unpaired) electrons. The van der Waals surface area contributed by atoms with Crippen molar-refractivity contribution in [1.82, 2.24) is 15.1 Å². The van der Waals surface area contributed by atoms with Gasteiger partial charge in [0.05, 0.1) is 12.1 Å². The number of aromatic nitrogens is 2. The highest BCUT2D eigenvalue weighted by Gasteiger charge is 2.24. The maximum atomic E-state index is 13.7. The molecule has 1 aliphatic heterocycles. The maximum absolute atomic E-state index is 13.7. The summed E-state index contributed by atoms with van der Waals surface area (Å²) >= 11 is 0. The van der Waals surface area contributed by atoms with E-state index in [4.69, 9.17) is 0 Å². The number of halogens is 2. The first kappa shape index (κ1) is 16.9. The van der Waals surface area contributed by atoms with Crippen LogP contribution in [0.25, 0.3) is 0 Å². The maximum Gasteiger partial charge on any atom is 0.227 e. The third-order valence-electron chi connectivity index (χ3n) is 5.12. The fraction of sp³-hybridized carbons (Fsp3) is 0.421. The third kappa shape index (κ3) is 3.38. The molecule has 136 valence electrons. The summed E-state index contributed by atoms with van der Waals surface area (Å²) in [5.41, 5.74) is 2.60. The molecule has 1 aromatic heterocycles. The lowest BCUT2D eigenvalue weighted by Crippen LogP contribution is -2.49. The van der Waals surface area contributed by atoms with Crippen molar-refractivity contribution in [3.63, 3.8) is 0 Å². The Labute approximate surface area is 150 Å². The summed E-state index contributed by atoms with van der Waals surface area (Å²) in [7, 11) is 0. The topological polar surface area (TPSA) is 49.3 Å². The second-order valence-electron chi connectivity index (χ2n) is 6.81. The van der Waals surface area contributed by atoms with E-state index in [1.165, 1.54) is 17.7 Å². The van der Waals surface area contributed by atoms with Crippen molar-refractivity contribution in [2.24, 2.45) is 0 Å². The van der Waals surface area contributed by atoms with Crippen LogP contribution in [0.2, 0.25) is 0 Å². The van der Waals surface area contributed by atoms with Crippen LogP contribution in [0.1, 0.15) is 23.2 Å². The van der Waals surface area contributed by atoms with E-state index in [0.29, 0.717) is 26.2 Å². The van der Waals surface area contributed by atoms with E-state index in [0.717, 1.165) is 36.8 Å². The average molecular weight is 358 g/mol. The van der Waals surface area contributed by atoms with Crippen LogP contribution < -0.4 is 4.90 Å². The number of fused-ring (bicyclic) bond motifs is 1. The van der Waals surface area contributed by atoms with Crippen LogP contribution in [0.5, 0.6) is 0 Å². The molecule has 1 aromatic carbocycles. The van der Waals surface area contributed by atoms with E-state index in [-0.39, 0.29) is 17.9 Å². The van der Waals surface area contributed by atoms with Gasteiger partial charge in [-0.1, -0.05) is 6.07 Å². The van der Waals surface area contributed by atoms with Gasteiger partial charge >= 0.3 is 0 Å². The van der Waals surface area contributed by atoms with E-state index in [9.17, 15) is 13.6 Å². The number of nitrogens with zero attached hydrogens (tertiary/aromatic N) is 4. The predicted octanol–water partition coefficient (Wildman–Crippen LogP) is 2.13. The largest absolute Gasteiger partial charge is 0.352 e. The van der Waals surface area contributed by atoms with E-state index in [1.807, 2.05) is 0 Å². The number of amides is 1. The minimum atomic E-state index is -0.676. The normalized spacial score (nSPS) is 16.7. The van der Waals surface area contributed by atoms with Crippen LogP contribution in [-0.4, -0.2) is 47.2 Å². The minimum absolute atomic E-state index is 0.0508. The number of hydrogen-bond donors (Lipinski definition) is 0. The van der Waals surface area contributed by atoms with Gasteiger partial charge < -0.3 is 9.80 Å². The lowest BCUT2D eigenvalue weighted by molar-refractivity contribution is -0.130. The molecule has 2 heterocycles. The van der Waals surface area contributed by atoms with Crippen LogP contribution in [0.4, 0.5) is 14.6 Å². The molecule has 0 spiro atoms. The number of anilines is 1. The molecule has 1 saturated heterocycles. The quantitative estimate of drug-likeness (QED) is 0.844. The molecule has 0 unspecified atom stereocenters.